The van der Waals surface area contributed by atoms with Crippen LogP contribution >= 0.6 is 0 Å². The first-order valence-corrected chi connectivity index (χ1v) is 6.01. The fourth-order valence-electron chi connectivity index (χ4n) is 1.67. The first-order valence-electron chi connectivity index (χ1n) is 6.01. The van der Waals surface area contributed by atoms with E-state index in [1.165, 1.54) is 0 Å². The molecule has 96 valence electrons. The number of hydrogen-bond acceptors (Lipinski definition) is 3. The lowest BCUT2D eigenvalue weighted by Gasteiger charge is -2.31. The average molecular weight is 238 g/mol. The van der Waals surface area contributed by atoms with Crippen molar-refractivity contribution in [1.82, 2.24) is 0 Å². The second-order valence-electron chi connectivity index (χ2n) is 4.37. The molecule has 0 bridgehead atoms. The van der Waals surface area contributed by atoms with E-state index in [2.05, 4.69) is 6.92 Å². The third-order valence-corrected chi connectivity index (χ3v) is 3.04. The normalized spacial score (nSPS) is 16.3. The summed E-state index contributed by atoms with van der Waals surface area (Å²) in [6, 6.07) is 7.55. The van der Waals surface area contributed by atoms with Crippen LogP contribution in [0.25, 0.3) is 0 Å². The number of rotatable bonds is 6. The maximum Gasteiger partial charge on any atom is 0.125 e. The molecule has 0 saturated heterocycles. The molecule has 0 aliphatic rings. The van der Waals surface area contributed by atoms with Gasteiger partial charge in [0.15, 0.2) is 0 Å². The molecule has 1 aromatic carbocycles. The molecule has 0 amide bonds. The molecule has 2 atom stereocenters. The summed E-state index contributed by atoms with van der Waals surface area (Å²) < 4.78 is 10.9. The van der Waals surface area contributed by atoms with Crippen molar-refractivity contribution in [2.45, 2.75) is 38.9 Å². The van der Waals surface area contributed by atoms with Gasteiger partial charge in [-0.1, -0.05) is 25.1 Å². The Kier molecular flexibility index (Phi) is 4.97. The molecule has 0 aliphatic heterocycles. The Morgan fingerprint density at radius 1 is 1.35 bits per heavy atom. The van der Waals surface area contributed by atoms with E-state index in [9.17, 15) is 5.11 Å². The van der Waals surface area contributed by atoms with E-state index < -0.39 is 5.60 Å². The highest BCUT2D eigenvalue weighted by atomic mass is 16.5. The van der Waals surface area contributed by atoms with Crippen LogP contribution in [0, 0.1) is 0 Å². The molecule has 0 saturated carbocycles. The minimum atomic E-state index is -1.06. The highest BCUT2D eigenvalue weighted by molar-refractivity contribution is 5.38. The molecule has 0 radical (unpaired) electrons. The Bertz CT molecular complexity index is 347. The number of hydrogen-bond donors (Lipinski definition) is 1. The summed E-state index contributed by atoms with van der Waals surface area (Å²) in [5.41, 5.74) is -0.290. The van der Waals surface area contributed by atoms with E-state index in [0.717, 1.165) is 17.7 Å². The minimum Gasteiger partial charge on any atom is -0.493 e. The molecule has 17 heavy (non-hydrogen) atoms. The SMILES string of the molecule is CCCOc1ccccc1C(C)(O)C(C)OC. The van der Waals surface area contributed by atoms with E-state index in [0.29, 0.717) is 6.61 Å². The van der Waals surface area contributed by atoms with Gasteiger partial charge in [-0.2, -0.15) is 0 Å². The Morgan fingerprint density at radius 3 is 2.59 bits per heavy atom. The Morgan fingerprint density at radius 2 is 2.00 bits per heavy atom. The lowest BCUT2D eigenvalue weighted by atomic mass is 9.90. The molecule has 2 unspecified atom stereocenters. The van der Waals surface area contributed by atoms with E-state index in [1.807, 2.05) is 31.2 Å². The van der Waals surface area contributed by atoms with Crippen molar-refractivity contribution in [3.05, 3.63) is 29.8 Å². The fourth-order valence-corrected chi connectivity index (χ4v) is 1.67. The first kappa shape index (κ1) is 14.0. The van der Waals surface area contributed by atoms with Gasteiger partial charge in [0, 0.05) is 12.7 Å². The Labute approximate surface area is 103 Å². The van der Waals surface area contributed by atoms with E-state index in [-0.39, 0.29) is 6.10 Å². The van der Waals surface area contributed by atoms with Gasteiger partial charge in [-0.05, 0) is 26.3 Å². The lowest BCUT2D eigenvalue weighted by Crippen LogP contribution is -2.36. The van der Waals surface area contributed by atoms with Gasteiger partial charge in [0.25, 0.3) is 0 Å². The molecule has 1 aromatic rings. The summed E-state index contributed by atoms with van der Waals surface area (Å²) in [5, 5.41) is 10.5. The molecule has 1 N–H and O–H groups in total. The number of para-hydroxylation sites is 1. The predicted octanol–water partition coefficient (Wildman–Crippen LogP) is 2.72. The number of ether oxygens (including phenoxy) is 2. The maximum absolute atomic E-state index is 10.5. The Hall–Kier alpha value is -1.06. The summed E-state index contributed by atoms with van der Waals surface area (Å²) in [6.45, 7) is 6.29. The van der Waals surface area contributed by atoms with Crippen LogP contribution in [-0.4, -0.2) is 24.9 Å². The van der Waals surface area contributed by atoms with Crippen molar-refractivity contribution in [3.63, 3.8) is 0 Å². The highest BCUT2D eigenvalue weighted by Gasteiger charge is 2.33. The first-order chi connectivity index (χ1) is 8.04. The predicted molar refractivity (Wildman–Crippen MR) is 68.3 cm³/mol. The molecule has 3 heteroatoms. The van der Waals surface area contributed by atoms with Gasteiger partial charge >= 0.3 is 0 Å². The zero-order valence-corrected chi connectivity index (χ0v) is 11.1. The number of methoxy groups -OCH3 is 1. The quantitative estimate of drug-likeness (QED) is 0.828. The molecule has 0 spiro atoms. The van der Waals surface area contributed by atoms with Crippen molar-refractivity contribution in [2.24, 2.45) is 0 Å². The third-order valence-electron chi connectivity index (χ3n) is 3.04. The fraction of sp³-hybridized carbons (Fsp3) is 0.571. The monoisotopic (exact) mass is 238 g/mol. The zero-order chi connectivity index (χ0) is 12.9. The topological polar surface area (TPSA) is 38.7 Å². The van der Waals surface area contributed by atoms with Gasteiger partial charge in [0.1, 0.15) is 11.4 Å². The molecule has 0 aromatic heterocycles. The molecule has 0 heterocycles. The standard InChI is InChI=1S/C14H22O3/c1-5-10-17-13-9-7-6-8-12(13)14(3,15)11(2)16-4/h6-9,11,15H,5,10H2,1-4H3. The maximum atomic E-state index is 10.5. The Balaban J connectivity index is 3.03. The van der Waals surface area contributed by atoms with Crippen LogP contribution < -0.4 is 4.74 Å². The van der Waals surface area contributed by atoms with Gasteiger partial charge in [0.2, 0.25) is 0 Å². The molecule has 0 aliphatic carbocycles. The van der Waals surface area contributed by atoms with E-state index in [1.54, 1.807) is 14.0 Å². The van der Waals surface area contributed by atoms with Gasteiger partial charge in [-0.3, -0.25) is 0 Å². The van der Waals surface area contributed by atoms with E-state index in [4.69, 9.17) is 9.47 Å². The summed E-state index contributed by atoms with van der Waals surface area (Å²) in [6.07, 6.45) is 0.643. The van der Waals surface area contributed by atoms with Crippen LogP contribution in [0.5, 0.6) is 5.75 Å². The summed E-state index contributed by atoms with van der Waals surface area (Å²) in [5.74, 6) is 0.725. The molecule has 3 nitrogen and oxygen atoms in total. The van der Waals surface area contributed by atoms with Crippen molar-refractivity contribution in [2.75, 3.05) is 13.7 Å². The zero-order valence-electron chi connectivity index (χ0n) is 11.1. The van der Waals surface area contributed by atoms with Gasteiger partial charge in [-0.25, -0.2) is 0 Å². The van der Waals surface area contributed by atoms with Crippen molar-refractivity contribution in [3.8, 4) is 5.75 Å². The van der Waals surface area contributed by atoms with Gasteiger partial charge < -0.3 is 14.6 Å². The molecule has 0 fully saturated rings. The van der Waals surface area contributed by atoms with Crippen LogP contribution in [-0.2, 0) is 10.3 Å². The second-order valence-corrected chi connectivity index (χ2v) is 4.37. The van der Waals surface area contributed by atoms with Crippen LogP contribution in [0.1, 0.15) is 32.8 Å². The van der Waals surface area contributed by atoms with Crippen molar-refractivity contribution >= 4 is 0 Å². The number of benzene rings is 1. The summed E-state index contributed by atoms with van der Waals surface area (Å²) in [4.78, 5) is 0. The summed E-state index contributed by atoms with van der Waals surface area (Å²) in [7, 11) is 1.59. The molecule has 1 rings (SSSR count). The number of aliphatic hydroxyl groups is 1. The van der Waals surface area contributed by atoms with Crippen LogP contribution in [0.4, 0.5) is 0 Å². The third kappa shape index (κ3) is 3.20. The minimum absolute atomic E-state index is 0.297. The largest absolute Gasteiger partial charge is 0.493 e. The van der Waals surface area contributed by atoms with Crippen LogP contribution in [0.2, 0.25) is 0 Å². The smallest absolute Gasteiger partial charge is 0.125 e. The second kappa shape index (κ2) is 6.03. The molecular weight excluding hydrogens is 216 g/mol. The lowest BCUT2D eigenvalue weighted by molar-refractivity contribution is -0.0784. The van der Waals surface area contributed by atoms with Gasteiger partial charge in [0.05, 0.1) is 12.7 Å². The van der Waals surface area contributed by atoms with Crippen molar-refractivity contribution < 1.29 is 14.6 Å². The van der Waals surface area contributed by atoms with Crippen molar-refractivity contribution in [1.29, 1.82) is 0 Å². The van der Waals surface area contributed by atoms with Crippen LogP contribution in [0.3, 0.4) is 0 Å². The van der Waals surface area contributed by atoms with Crippen LogP contribution in [0.15, 0.2) is 24.3 Å². The van der Waals surface area contributed by atoms with Gasteiger partial charge in [-0.15, -0.1) is 0 Å². The molecular formula is C14H22O3. The average Bonchev–Trinajstić information content (AvgIpc) is 2.35. The van der Waals surface area contributed by atoms with E-state index >= 15 is 0 Å². The highest BCUT2D eigenvalue weighted by Crippen LogP contribution is 2.33. The summed E-state index contributed by atoms with van der Waals surface area (Å²) >= 11 is 0.